The zero-order valence-electron chi connectivity index (χ0n) is 18.7. The van der Waals surface area contributed by atoms with Crippen molar-refractivity contribution in [3.63, 3.8) is 0 Å². The second-order valence-electron chi connectivity index (χ2n) is 9.06. The molecule has 8 heteroatoms. The number of urea groups is 1. The summed E-state index contributed by atoms with van der Waals surface area (Å²) < 4.78 is 4.82. The average Bonchev–Trinajstić information content (AvgIpc) is 2.71. The van der Waals surface area contributed by atoms with E-state index in [-0.39, 0.29) is 18.0 Å². The highest BCUT2D eigenvalue weighted by atomic mass is 16.5. The van der Waals surface area contributed by atoms with Crippen molar-refractivity contribution in [1.82, 2.24) is 16.0 Å². The molecule has 0 saturated heterocycles. The molecule has 1 aliphatic rings. The highest BCUT2D eigenvalue weighted by molar-refractivity contribution is 5.97. The van der Waals surface area contributed by atoms with Crippen molar-refractivity contribution in [2.45, 2.75) is 64.8 Å². The third kappa shape index (κ3) is 8.03. The van der Waals surface area contributed by atoms with Gasteiger partial charge in [0.15, 0.2) is 6.61 Å². The number of amides is 4. The molecule has 8 nitrogen and oxygen atoms in total. The lowest BCUT2D eigenvalue weighted by molar-refractivity contribution is -0.147. The van der Waals surface area contributed by atoms with Crippen LogP contribution in [0.3, 0.4) is 0 Å². The van der Waals surface area contributed by atoms with E-state index in [0.29, 0.717) is 11.5 Å². The van der Waals surface area contributed by atoms with E-state index in [1.54, 1.807) is 12.1 Å². The molecule has 1 aliphatic carbocycles. The largest absolute Gasteiger partial charge is 0.454 e. The van der Waals surface area contributed by atoms with E-state index in [0.717, 1.165) is 31.2 Å². The first-order chi connectivity index (χ1) is 14.6. The van der Waals surface area contributed by atoms with Gasteiger partial charge >= 0.3 is 12.0 Å². The summed E-state index contributed by atoms with van der Waals surface area (Å²) >= 11 is 0. The molecule has 1 aromatic carbocycles. The van der Waals surface area contributed by atoms with Gasteiger partial charge in [-0.2, -0.15) is 0 Å². The van der Waals surface area contributed by atoms with E-state index in [1.807, 2.05) is 12.1 Å². The molecule has 170 valence electrons. The van der Waals surface area contributed by atoms with E-state index in [9.17, 15) is 19.2 Å². The van der Waals surface area contributed by atoms with Crippen molar-refractivity contribution in [3.05, 3.63) is 35.4 Å². The molecule has 2 atom stereocenters. The monoisotopic (exact) mass is 431 g/mol. The first-order valence-electron chi connectivity index (χ1n) is 10.7. The number of rotatable bonds is 6. The maximum atomic E-state index is 12.2. The second kappa shape index (κ2) is 10.9. The fraction of sp³-hybridized carbons (Fsp3) is 0.565. The topological polar surface area (TPSA) is 114 Å². The molecule has 0 spiro atoms. The van der Waals surface area contributed by atoms with Gasteiger partial charge in [-0.1, -0.05) is 52.7 Å². The van der Waals surface area contributed by atoms with Crippen molar-refractivity contribution < 1.29 is 23.9 Å². The average molecular weight is 432 g/mol. The third-order valence-corrected chi connectivity index (χ3v) is 5.45. The maximum Gasteiger partial charge on any atom is 0.325 e. The van der Waals surface area contributed by atoms with Gasteiger partial charge in [-0.05, 0) is 41.9 Å². The highest BCUT2D eigenvalue weighted by Crippen LogP contribution is 2.23. The number of nitrogens with one attached hydrogen (secondary N) is 3. The fourth-order valence-electron chi connectivity index (χ4n) is 3.47. The smallest absolute Gasteiger partial charge is 0.325 e. The summed E-state index contributed by atoms with van der Waals surface area (Å²) in [7, 11) is 0. The maximum absolute atomic E-state index is 12.2. The first kappa shape index (κ1) is 24.4. The number of carbonyl (C=O) groups excluding carboxylic acids is 4. The molecule has 31 heavy (non-hydrogen) atoms. The summed E-state index contributed by atoms with van der Waals surface area (Å²) in [5.41, 5.74) is 1.49. The molecular weight excluding hydrogens is 398 g/mol. The lowest BCUT2D eigenvalue weighted by Gasteiger charge is -2.29. The summed E-state index contributed by atoms with van der Waals surface area (Å²) in [5.74, 6) is -1.54. The molecule has 0 aromatic heterocycles. The van der Waals surface area contributed by atoms with Crippen molar-refractivity contribution in [2.24, 2.45) is 5.92 Å². The zero-order valence-corrected chi connectivity index (χ0v) is 18.7. The predicted octanol–water partition coefficient (Wildman–Crippen LogP) is 2.66. The lowest BCUT2D eigenvalue weighted by Crippen LogP contribution is -2.48. The van der Waals surface area contributed by atoms with Gasteiger partial charge in [-0.3, -0.25) is 19.7 Å². The van der Waals surface area contributed by atoms with E-state index >= 15 is 0 Å². The molecular formula is C23H33N3O5. The number of esters is 1. The van der Waals surface area contributed by atoms with Crippen molar-refractivity contribution in [2.75, 3.05) is 13.2 Å². The summed E-state index contributed by atoms with van der Waals surface area (Å²) in [4.78, 5) is 47.7. The minimum Gasteiger partial charge on any atom is -0.454 e. The number of carbonyl (C=O) groups is 4. The van der Waals surface area contributed by atoms with Crippen LogP contribution in [0.15, 0.2) is 24.3 Å². The Kier molecular flexibility index (Phi) is 8.59. The molecule has 1 aromatic rings. The van der Waals surface area contributed by atoms with Gasteiger partial charge < -0.3 is 15.4 Å². The highest BCUT2D eigenvalue weighted by Gasteiger charge is 2.23. The molecule has 0 unspecified atom stereocenters. The normalized spacial score (nSPS) is 18.6. The molecule has 0 radical (unpaired) electrons. The molecule has 1 saturated carbocycles. The predicted molar refractivity (Wildman–Crippen MR) is 117 cm³/mol. The SMILES string of the molecule is C[C@H]1CCCC[C@H]1NC(=O)NC(=O)COC(=O)CNC(=O)c1ccc(C(C)(C)C)cc1. The van der Waals surface area contributed by atoms with Crippen LogP contribution in [-0.2, 0) is 19.7 Å². The summed E-state index contributed by atoms with van der Waals surface area (Å²) in [6.07, 6.45) is 4.13. The van der Waals surface area contributed by atoms with Crippen LogP contribution in [0.2, 0.25) is 0 Å². The molecule has 3 N–H and O–H groups in total. The summed E-state index contributed by atoms with van der Waals surface area (Å²) in [6, 6.07) is 6.58. The van der Waals surface area contributed by atoms with Crippen LogP contribution in [0.25, 0.3) is 0 Å². The minimum atomic E-state index is -0.767. The van der Waals surface area contributed by atoms with Crippen LogP contribution >= 0.6 is 0 Å². The Morgan fingerprint density at radius 3 is 2.29 bits per heavy atom. The molecule has 0 bridgehead atoms. The summed E-state index contributed by atoms with van der Waals surface area (Å²) in [6.45, 7) is 7.33. The van der Waals surface area contributed by atoms with Gasteiger partial charge in [0, 0.05) is 11.6 Å². The number of hydrogen-bond acceptors (Lipinski definition) is 5. The van der Waals surface area contributed by atoms with Gasteiger partial charge in [-0.15, -0.1) is 0 Å². The molecule has 4 amide bonds. The Morgan fingerprint density at radius 2 is 1.68 bits per heavy atom. The van der Waals surface area contributed by atoms with Gasteiger partial charge in [0.25, 0.3) is 11.8 Å². The van der Waals surface area contributed by atoms with Gasteiger partial charge in [0.2, 0.25) is 0 Å². The lowest BCUT2D eigenvalue weighted by atomic mass is 9.86. The number of ether oxygens (including phenoxy) is 1. The van der Waals surface area contributed by atoms with Gasteiger partial charge in [0.05, 0.1) is 0 Å². The van der Waals surface area contributed by atoms with Crippen LogP contribution in [0, 0.1) is 5.92 Å². The Bertz CT molecular complexity index is 798. The van der Waals surface area contributed by atoms with Crippen LogP contribution in [0.1, 0.15) is 69.3 Å². The van der Waals surface area contributed by atoms with E-state index in [1.165, 1.54) is 0 Å². The van der Waals surface area contributed by atoms with Crippen molar-refractivity contribution in [1.29, 1.82) is 0 Å². The second-order valence-corrected chi connectivity index (χ2v) is 9.06. The number of benzene rings is 1. The zero-order chi connectivity index (χ0) is 23.0. The van der Waals surface area contributed by atoms with Gasteiger partial charge in [0.1, 0.15) is 6.54 Å². The molecule has 0 heterocycles. The van der Waals surface area contributed by atoms with Crippen molar-refractivity contribution in [3.8, 4) is 0 Å². The molecule has 0 aliphatic heterocycles. The fourth-order valence-corrected chi connectivity index (χ4v) is 3.47. The Balaban J connectivity index is 1.68. The van der Waals surface area contributed by atoms with Crippen LogP contribution in [0.5, 0.6) is 0 Å². The molecule has 2 rings (SSSR count). The van der Waals surface area contributed by atoms with Crippen LogP contribution in [-0.4, -0.2) is 43.0 Å². The third-order valence-electron chi connectivity index (χ3n) is 5.45. The Labute approximate surface area is 183 Å². The van der Waals surface area contributed by atoms with Crippen LogP contribution < -0.4 is 16.0 Å². The van der Waals surface area contributed by atoms with Crippen molar-refractivity contribution >= 4 is 23.8 Å². The minimum absolute atomic E-state index is 0.0229. The Morgan fingerprint density at radius 1 is 1.03 bits per heavy atom. The Hall–Kier alpha value is -2.90. The van der Waals surface area contributed by atoms with Crippen LogP contribution in [0.4, 0.5) is 4.79 Å². The van der Waals surface area contributed by atoms with Gasteiger partial charge in [-0.25, -0.2) is 4.79 Å². The van der Waals surface area contributed by atoms with E-state index in [2.05, 4.69) is 43.6 Å². The molecule has 1 fully saturated rings. The van der Waals surface area contributed by atoms with E-state index < -0.39 is 30.4 Å². The standard InChI is InChI=1S/C23H33N3O5/c1-15-7-5-6-8-18(15)25-22(30)26-19(27)14-31-20(28)13-24-21(29)16-9-11-17(12-10-16)23(2,3)4/h9-12,15,18H,5-8,13-14H2,1-4H3,(H,24,29)(H2,25,26,27,30)/t15-,18+/m0/s1. The quantitative estimate of drug-likeness (QED) is 0.599. The first-order valence-corrected chi connectivity index (χ1v) is 10.7. The number of imide groups is 1. The summed E-state index contributed by atoms with van der Waals surface area (Å²) in [5, 5.41) is 7.40. The van der Waals surface area contributed by atoms with E-state index in [4.69, 9.17) is 4.74 Å². The number of hydrogen-bond donors (Lipinski definition) is 3.